The number of rotatable bonds is 7. The van der Waals surface area contributed by atoms with Gasteiger partial charge in [-0.25, -0.2) is 0 Å². The summed E-state index contributed by atoms with van der Waals surface area (Å²) < 4.78 is 45.9. The van der Waals surface area contributed by atoms with Crippen molar-refractivity contribution in [3.05, 3.63) is 58.4 Å². The number of nitrogens with one attached hydrogen (secondary N) is 1. The highest BCUT2D eigenvalue weighted by atomic mass is 19.4. The van der Waals surface area contributed by atoms with Crippen LogP contribution in [0.15, 0.2) is 30.5 Å². The van der Waals surface area contributed by atoms with Crippen LogP contribution in [0.3, 0.4) is 0 Å². The van der Waals surface area contributed by atoms with E-state index < -0.39 is 11.7 Å². The zero-order chi connectivity index (χ0) is 22.8. The molecule has 1 N–H and O–H groups in total. The molecule has 1 aromatic heterocycles. The zero-order valence-corrected chi connectivity index (χ0v) is 18.2. The molecule has 5 nitrogen and oxygen atoms in total. The van der Waals surface area contributed by atoms with Crippen molar-refractivity contribution >= 4 is 5.91 Å². The fourth-order valence-electron chi connectivity index (χ4n) is 3.70. The fraction of sp³-hybridized carbons (Fsp3) is 0.478. The van der Waals surface area contributed by atoms with Crippen LogP contribution in [0.1, 0.15) is 47.7 Å². The van der Waals surface area contributed by atoms with E-state index in [0.717, 1.165) is 36.8 Å². The van der Waals surface area contributed by atoms with E-state index in [1.54, 1.807) is 20.9 Å². The SMILES string of the molecule is CNC(=O)C1CN(Cc2ccc(OCc3cc(C(F)(F)F)c(C(C)C)cn3)cc2C)C1. The van der Waals surface area contributed by atoms with Crippen molar-refractivity contribution in [1.29, 1.82) is 0 Å². The van der Waals surface area contributed by atoms with Crippen molar-refractivity contribution < 1.29 is 22.7 Å². The molecule has 0 aliphatic carbocycles. The lowest BCUT2D eigenvalue weighted by Crippen LogP contribution is -2.52. The molecule has 0 radical (unpaired) electrons. The standard InChI is InChI=1S/C23H28F3N3O2/c1-14(2)20-9-28-18(8-21(20)23(24,25)26)13-31-19-6-5-16(15(3)7-19)10-29-11-17(12-29)22(30)27-4/h5-9,14,17H,10-13H2,1-4H3,(H,27,30). The minimum atomic E-state index is -4.43. The maximum absolute atomic E-state index is 13.4. The van der Waals surface area contributed by atoms with Crippen LogP contribution in [0.5, 0.6) is 5.75 Å². The van der Waals surface area contributed by atoms with Crippen molar-refractivity contribution in [3.63, 3.8) is 0 Å². The number of likely N-dealkylation sites (tertiary alicyclic amines) is 1. The molecule has 0 bridgehead atoms. The first-order valence-corrected chi connectivity index (χ1v) is 10.3. The van der Waals surface area contributed by atoms with Crippen LogP contribution in [0.25, 0.3) is 0 Å². The van der Waals surface area contributed by atoms with Gasteiger partial charge in [0.15, 0.2) is 0 Å². The monoisotopic (exact) mass is 435 g/mol. The number of benzene rings is 1. The van der Waals surface area contributed by atoms with Crippen LogP contribution in [-0.2, 0) is 24.1 Å². The molecular formula is C23H28F3N3O2. The summed E-state index contributed by atoms with van der Waals surface area (Å²) >= 11 is 0. The summed E-state index contributed by atoms with van der Waals surface area (Å²) in [6.07, 6.45) is -3.14. The van der Waals surface area contributed by atoms with Gasteiger partial charge in [-0.2, -0.15) is 13.2 Å². The van der Waals surface area contributed by atoms with Crippen molar-refractivity contribution in [3.8, 4) is 5.75 Å². The van der Waals surface area contributed by atoms with E-state index in [-0.39, 0.29) is 35.6 Å². The van der Waals surface area contributed by atoms with Crippen molar-refractivity contribution in [2.24, 2.45) is 5.92 Å². The molecule has 1 amide bonds. The molecule has 31 heavy (non-hydrogen) atoms. The molecule has 2 aromatic rings. The number of hydrogen-bond donors (Lipinski definition) is 1. The first kappa shape index (κ1) is 23.1. The van der Waals surface area contributed by atoms with Gasteiger partial charge in [0, 0.05) is 32.9 Å². The average molecular weight is 435 g/mol. The van der Waals surface area contributed by atoms with E-state index in [9.17, 15) is 18.0 Å². The van der Waals surface area contributed by atoms with E-state index in [1.807, 2.05) is 25.1 Å². The maximum Gasteiger partial charge on any atom is 0.416 e. The topological polar surface area (TPSA) is 54.5 Å². The number of nitrogens with zero attached hydrogens (tertiary/aromatic N) is 2. The van der Waals surface area contributed by atoms with Gasteiger partial charge in [-0.15, -0.1) is 0 Å². The number of aryl methyl sites for hydroxylation is 1. The van der Waals surface area contributed by atoms with Gasteiger partial charge >= 0.3 is 6.18 Å². The Balaban J connectivity index is 1.61. The molecule has 1 saturated heterocycles. The summed E-state index contributed by atoms with van der Waals surface area (Å²) in [5.41, 5.74) is 1.91. The van der Waals surface area contributed by atoms with E-state index in [2.05, 4.69) is 15.2 Å². The van der Waals surface area contributed by atoms with Gasteiger partial charge in [-0.3, -0.25) is 14.7 Å². The van der Waals surface area contributed by atoms with Crippen LogP contribution in [-0.4, -0.2) is 35.9 Å². The van der Waals surface area contributed by atoms with Gasteiger partial charge in [0.2, 0.25) is 5.91 Å². The lowest BCUT2D eigenvalue weighted by Gasteiger charge is -2.38. The molecule has 1 aliphatic rings. The number of ether oxygens (including phenoxy) is 1. The number of hydrogen-bond acceptors (Lipinski definition) is 4. The summed E-state index contributed by atoms with van der Waals surface area (Å²) in [5.74, 6) is 0.424. The predicted octanol–water partition coefficient (Wildman–Crippen LogP) is 4.29. The molecule has 2 heterocycles. The molecule has 0 atom stereocenters. The van der Waals surface area contributed by atoms with Crippen molar-refractivity contribution in [2.45, 2.75) is 46.0 Å². The second kappa shape index (κ2) is 9.26. The smallest absolute Gasteiger partial charge is 0.416 e. The third-order valence-electron chi connectivity index (χ3n) is 5.59. The minimum Gasteiger partial charge on any atom is -0.487 e. The number of alkyl halides is 3. The van der Waals surface area contributed by atoms with Gasteiger partial charge in [0.1, 0.15) is 12.4 Å². The minimum absolute atomic E-state index is 0.0415. The van der Waals surface area contributed by atoms with E-state index in [0.29, 0.717) is 5.75 Å². The lowest BCUT2D eigenvalue weighted by atomic mass is 9.97. The molecule has 8 heteroatoms. The van der Waals surface area contributed by atoms with E-state index in [4.69, 9.17) is 4.74 Å². The van der Waals surface area contributed by atoms with E-state index >= 15 is 0 Å². The summed E-state index contributed by atoms with van der Waals surface area (Å²) in [6.45, 7) is 7.56. The quantitative estimate of drug-likeness (QED) is 0.705. The predicted molar refractivity (Wildman–Crippen MR) is 112 cm³/mol. The highest BCUT2D eigenvalue weighted by molar-refractivity contribution is 5.79. The maximum atomic E-state index is 13.4. The number of halogens is 3. The van der Waals surface area contributed by atoms with Gasteiger partial charge in [-0.05, 0) is 47.7 Å². The second-order valence-corrected chi connectivity index (χ2v) is 8.30. The summed E-state index contributed by atoms with van der Waals surface area (Å²) in [6, 6.07) is 6.71. The molecular weight excluding hydrogens is 407 g/mol. The Bertz CT molecular complexity index is 938. The molecule has 0 unspecified atom stereocenters. The molecule has 1 fully saturated rings. The Morgan fingerprint density at radius 1 is 1.29 bits per heavy atom. The van der Waals surface area contributed by atoms with Crippen LogP contribution >= 0.6 is 0 Å². The van der Waals surface area contributed by atoms with Gasteiger partial charge in [0.05, 0.1) is 17.2 Å². The highest BCUT2D eigenvalue weighted by Gasteiger charge is 2.34. The van der Waals surface area contributed by atoms with Crippen LogP contribution in [0, 0.1) is 12.8 Å². The molecule has 0 spiro atoms. The Labute approximate surface area is 180 Å². The highest BCUT2D eigenvalue weighted by Crippen LogP contribution is 2.35. The molecule has 0 saturated carbocycles. The van der Waals surface area contributed by atoms with Crippen molar-refractivity contribution in [2.75, 3.05) is 20.1 Å². The number of amides is 1. The number of carbonyl (C=O) groups excluding carboxylic acids is 1. The molecule has 1 aromatic carbocycles. The largest absolute Gasteiger partial charge is 0.487 e. The normalized spacial score (nSPS) is 15.1. The lowest BCUT2D eigenvalue weighted by molar-refractivity contribution is -0.138. The fourth-order valence-corrected chi connectivity index (χ4v) is 3.70. The summed E-state index contributed by atoms with van der Waals surface area (Å²) in [5, 5.41) is 2.67. The van der Waals surface area contributed by atoms with Crippen LogP contribution in [0.4, 0.5) is 13.2 Å². The van der Waals surface area contributed by atoms with Crippen LogP contribution < -0.4 is 10.1 Å². The van der Waals surface area contributed by atoms with Gasteiger partial charge in [0.25, 0.3) is 0 Å². The van der Waals surface area contributed by atoms with Gasteiger partial charge < -0.3 is 10.1 Å². The number of pyridine rings is 1. The Morgan fingerprint density at radius 3 is 2.58 bits per heavy atom. The summed E-state index contributed by atoms with van der Waals surface area (Å²) in [7, 11) is 1.64. The first-order valence-electron chi connectivity index (χ1n) is 10.3. The van der Waals surface area contributed by atoms with E-state index in [1.165, 1.54) is 6.20 Å². The molecule has 1 aliphatic heterocycles. The van der Waals surface area contributed by atoms with Crippen LogP contribution in [0.2, 0.25) is 0 Å². The molecule has 3 rings (SSSR count). The second-order valence-electron chi connectivity index (χ2n) is 8.30. The Morgan fingerprint density at radius 2 is 2.00 bits per heavy atom. The average Bonchev–Trinajstić information content (AvgIpc) is 2.68. The number of aromatic nitrogens is 1. The third-order valence-corrected chi connectivity index (χ3v) is 5.59. The first-order chi connectivity index (χ1) is 14.6. The molecule has 168 valence electrons. The van der Waals surface area contributed by atoms with Crippen molar-refractivity contribution in [1.82, 2.24) is 15.2 Å². The summed E-state index contributed by atoms with van der Waals surface area (Å²) in [4.78, 5) is 17.9. The zero-order valence-electron chi connectivity index (χ0n) is 18.2. The Kier molecular flexibility index (Phi) is 6.89. The number of carbonyl (C=O) groups is 1. The Hall–Kier alpha value is -2.61. The van der Waals surface area contributed by atoms with Gasteiger partial charge in [-0.1, -0.05) is 19.9 Å². The third kappa shape index (κ3) is 5.55.